The molecular weight excluding hydrogens is 334 g/mol. The number of oxazole rings is 1. The Balaban J connectivity index is 1.90. The van der Waals surface area contributed by atoms with Crippen molar-refractivity contribution in [3.8, 4) is 11.3 Å². The molecule has 3 rings (SSSR count). The van der Waals surface area contributed by atoms with Crippen LogP contribution in [0.15, 0.2) is 59.5 Å². The van der Waals surface area contributed by atoms with Crippen molar-refractivity contribution in [1.82, 2.24) is 4.98 Å². The van der Waals surface area contributed by atoms with Crippen LogP contribution < -0.4 is 5.32 Å². The van der Waals surface area contributed by atoms with Gasteiger partial charge in [0.15, 0.2) is 12.2 Å². The van der Waals surface area contributed by atoms with Gasteiger partial charge in [-0.15, -0.1) is 0 Å². The average molecular weight is 344 g/mol. The van der Waals surface area contributed by atoms with Crippen molar-refractivity contribution in [2.75, 3.05) is 5.32 Å². The smallest absolute Gasteiger partial charge is 0.282 e. The molecule has 0 aliphatic carbocycles. The molecular formula is C16H10ClN3O4. The Morgan fingerprint density at radius 3 is 2.79 bits per heavy atom. The van der Waals surface area contributed by atoms with Gasteiger partial charge in [-0.05, 0) is 24.3 Å². The number of hydrogen-bond acceptors (Lipinski definition) is 5. The lowest BCUT2D eigenvalue weighted by molar-refractivity contribution is -0.385. The lowest BCUT2D eigenvalue weighted by atomic mass is 10.1. The molecule has 1 aromatic heterocycles. The third kappa shape index (κ3) is 3.26. The second-order valence-electron chi connectivity index (χ2n) is 4.82. The highest BCUT2D eigenvalue weighted by atomic mass is 35.5. The predicted octanol–water partition coefficient (Wildman–Crippen LogP) is 4.16. The van der Waals surface area contributed by atoms with Gasteiger partial charge < -0.3 is 9.73 Å². The fourth-order valence-corrected chi connectivity index (χ4v) is 2.33. The van der Waals surface area contributed by atoms with Crippen molar-refractivity contribution < 1.29 is 14.1 Å². The summed E-state index contributed by atoms with van der Waals surface area (Å²) in [4.78, 5) is 26.6. The maximum absolute atomic E-state index is 12.4. The van der Waals surface area contributed by atoms with Crippen LogP contribution >= 0.6 is 11.6 Å². The van der Waals surface area contributed by atoms with Crippen LogP contribution in [0.5, 0.6) is 0 Å². The van der Waals surface area contributed by atoms with Gasteiger partial charge in [0.2, 0.25) is 0 Å². The third-order valence-corrected chi connectivity index (χ3v) is 3.47. The molecule has 0 saturated carbocycles. The molecule has 7 nitrogen and oxygen atoms in total. The molecule has 1 heterocycles. The highest BCUT2D eigenvalue weighted by Gasteiger charge is 2.20. The fraction of sp³-hybridized carbons (Fsp3) is 0. The summed E-state index contributed by atoms with van der Waals surface area (Å²) >= 11 is 5.84. The third-order valence-electron chi connectivity index (χ3n) is 3.24. The largest absolute Gasteiger partial charge is 0.444 e. The van der Waals surface area contributed by atoms with E-state index in [4.69, 9.17) is 16.0 Å². The Bertz CT molecular complexity index is 909. The van der Waals surface area contributed by atoms with Gasteiger partial charge in [0, 0.05) is 22.3 Å². The normalized spacial score (nSPS) is 10.4. The van der Waals surface area contributed by atoms with Crippen LogP contribution in [-0.4, -0.2) is 15.8 Å². The van der Waals surface area contributed by atoms with Gasteiger partial charge in [-0.1, -0.05) is 23.7 Å². The summed E-state index contributed by atoms with van der Waals surface area (Å²) in [5.74, 6) is -0.0845. The van der Waals surface area contributed by atoms with Gasteiger partial charge in [-0.25, -0.2) is 4.98 Å². The molecule has 0 radical (unpaired) electrons. The highest BCUT2D eigenvalue weighted by molar-refractivity contribution is 6.31. The first-order valence-corrected chi connectivity index (χ1v) is 7.16. The highest BCUT2D eigenvalue weighted by Crippen LogP contribution is 2.25. The maximum atomic E-state index is 12.4. The molecule has 0 aliphatic rings. The number of carbonyl (C=O) groups excluding carboxylic acids is 1. The van der Waals surface area contributed by atoms with Gasteiger partial charge in [0.25, 0.3) is 11.6 Å². The summed E-state index contributed by atoms with van der Waals surface area (Å²) in [5, 5.41) is 13.9. The van der Waals surface area contributed by atoms with E-state index >= 15 is 0 Å². The zero-order valence-corrected chi connectivity index (χ0v) is 12.9. The van der Waals surface area contributed by atoms with E-state index in [0.717, 1.165) is 0 Å². The van der Waals surface area contributed by atoms with Crippen molar-refractivity contribution in [3.63, 3.8) is 0 Å². The first-order chi connectivity index (χ1) is 11.5. The zero-order chi connectivity index (χ0) is 17.1. The molecule has 0 unspecified atom stereocenters. The quantitative estimate of drug-likeness (QED) is 0.566. The number of halogens is 1. The average Bonchev–Trinajstić information content (AvgIpc) is 3.09. The topological polar surface area (TPSA) is 98.3 Å². The summed E-state index contributed by atoms with van der Waals surface area (Å²) < 4.78 is 5.20. The van der Waals surface area contributed by atoms with E-state index in [9.17, 15) is 14.9 Å². The van der Waals surface area contributed by atoms with Crippen LogP contribution in [0.2, 0.25) is 5.02 Å². The Labute approximate surface area is 141 Å². The number of nitro groups is 1. The molecule has 0 spiro atoms. The first-order valence-electron chi connectivity index (χ1n) is 6.79. The SMILES string of the molecule is O=C(Nc1cccc(-c2cnco2)c1)c1cc(Cl)ccc1[N+](=O)[O-]. The number of nitrogens with one attached hydrogen (secondary N) is 1. The Hall–Kier alpha value is -3.19. The monoisotopic (exact) mass is 343 g/mol. The van der Waals surface area contributed by atoms with Gasteiger partial charge in [-0.3, -0.25) is 14.9 Å². The second-order valence-corrected chi connectivity index (χ2v) is 5.26. The lowest BCUT2D eigenvalue weighted by Crippen LogP contribution is -2.14. The van der Waals surface area contributed by atoms with Crippen molar-refractivity contribution in [2.45, 2.75) is 0 Å². The molecule has 0 atom stereocenters. The predicted molar refractivity (Wildman–Crippen MR) is 88.0 cm³/mol. The summed E-state index contributed by atoms with van der Waals surface area (Å²) in [6, 6.07) is 10.7. The molecule has 0 fully saturated rings. The van der Waals surface area contributed by atoms with Gasteiger partial charge in [-0.2, -0.15) is 0 Å². The summed E-state index contributed by atoms with van der Waals surface area (Å²) in [6.07, 6.45) is 2.85. The molecule has 0 aliphatic heterocycles. The minimum absolute atomic E-state index is 0.113. The lowest BCUT2D eigenvalue weighted by Gasteiger charge is -2.07. The molecule has 1 amide bonds. The van der Waals surface area contributed by atoms with Crippen LogP contribution in [0.3, 0.4) is 0 Å². The number of anilines is 1. The Morgan fingerprint density at radius 1 is 1.25 bits per heavy atom. The van der Waals surface area contributed by atoms with Crippen molar-refractivity contribution in [3.05, 3.63) is 75.8 Å². The van der Waals surface area contributed by atoms with Gasteiger partial charge in [0.1, 0.15) is 5.56 Å². The second kappa shape index (κ2) is 6.51. The number of benzene rings is 2. The van der Waals surface area contributed by atoms with Crippen molar-refractivity contribution >= 4 is 28.9 Å². The van der Waals surface area contributed by atoms with Crippen molar-refractivity contribution in [1.29, 1.82) is 0 Å². The van der Waals surface area contributed by atoms with Crippen molar-refractivity contribution in [2.24, 2.45) is 0 Å². The van der Waals surface area contributed by atoms with Crippen LogP contribution in [0.25, 0.3) is 11.3 Å². The minimum atomic E-state index is -0.629. The number of nitro benzene ring substituents is 1. The molecule has 8 heteroatoms. The van der Waals surface area contributed by atoms with E-state index < -0.39 is 10.8 Å². The van der Waals surface area contributed by atoms with Crippen LogP contribution in [0, 0.1) is 10.1 Å². The maximum Gasteiger partial charge on any atom is 0.282 e. The van der Waals surface area contributed by atoms with Crippen LogP contribution in [0.1, 0.15) is 10.4 Å². The van der Waals surface area contributed by atoms with E-state index in [1.54, 1.807) is 30.5 Å². The first kappa shape index (κ1) is 15.7. The van der Waals surface area contributed by atoms with Crippen LogP contribution in [-0.2, 0) is 0 Å². The number of hydrogen-bond donors (Lipinski definition) is 1. The zero-order valence-electron chi connectivity index (χ0n) is 12.1. The van der Waals surface area contributed by atoms with E-state index in [2.05, 4.69) is 10.3 Å². The molecule has 120 valence electrons. The van der Waals surface area contributed by atoms with E-state index in [0.29, 0.717) is 17.0 Å². The Morgan fingerprint density at radius 2 is 2.08 bits per heavy atom. The number of amides is 1. The number of carbonyl (C=O) groups is 1. The summed E-state index contributed by atoms with van der Waals surface area (Å²) in [5.41, 5.74) is 0.745. The minimum Gasteiger partial charge on any atom is -0.444 e. The standard InChI is InChI=1S/C16H10ClN3O4/c17-11-4-5-14(20(22)23)13(7-11)16(21)19-12-3-1-2-10(6-12)15-8-18-9-24-15/h1-9H,(H,19,21). The van der Waals surface area contributed by atoms with E-state index in [-0.39, 0.29) is 16.3 Å². The molecule has 0 saturated heterocycles. The summed E-state index contributed by atoms with van der Waals surface area (Å²) in [6.45, 7) is 0. The van der Waals surface area contributed by atoms with E-state index in [1.807, 2.05) is 0 Å². The van der Waals surface area contributed by atoms with Gasteiger partial charge >= 0.3 is 0 Å². The molecule has 24 heavy (non-hydrogen) atoms. The van der Waals surface area contributed by atoms with Gasteiger partial charge in [0.05, 0.1) is 11.1 Å². The molecule has 1 N–H and O–H groups in total. The molecule has 3 aromatic rings. The molecule has 0 bridgehead atoms. The fourth-order valence-electron chi connectivity index (χ4n) is 2.16. The number of aromatic nitrogens is 1. The number of nitrogens with zero attached hydrogens (tertiary/aromatic N) is 2. The van der Waals surface area contributed by atoms with Crippen LogP contribution in [0.4, 0.5) is 11.4 Å². The number of rotatable bonds is 4. The summed E-state index contributed by atoms with van der Waals surface area (Å²) in [7, 11) is 0. The molecule has 2 aromatic carbocycles. The Kier molecular flexibility index (Phi) is 4.26. The van der Waals surface area contributed by atoms with E-state index in [1.165, 1.54) is 24.6 Å².